The maximum absolute atomic E-state index is 9.62. The van der Waals surface area contributed by atoms with Crippen molar-refractivity contribution < 1.29 is 5.11 Å². The number of hydrogen-bond acceptors (Lipinski definition) is 2. The predicted molar refractivity (Wildman–Crippen MR) is 95.6 cm³/mol. The Morgan fingerprint density at radius 1 is 1.26 bits per heavy atom. The lowest BCUT2D eigenvalue weighted by Crippen LogP contribution is -2.43. The van der Waals surface area contributed by atoms with Crippen molar-refractivity contribution in [3.05, 3.63) is 41.6 Å². The summed E-state index contributed by atoms with van der Waals surface area (Å²) in [6.45, 7) is 7.96. The molecule has 0 saturated heterocycles. The average Bonchev–Trinajstić information content (AvgIpc) is 2.89. The molecule has 0 spiro atoms. The van der Waals surface area contributed by atoms with E-state index < -0.39 is 0 Å². The predicted octanol–water partition coefficient (Wildman–Crippen LogP) is 3.26. The van der Waals surface area contributed by atoms with Crippen LogP contribution in [0, 0.1) is 5.92 Å². The van der Waals surface area contributed by atoms with Crippen molar-refractivity contribution in [1.82, 2.24) is 9.47 Å². The van der Waals surface area contributed by atoms with Crippen LogP contribution in [0.2, 0.25) is 0 Å². The van der Waals surface area contributed by atoms with Gasteiger partial charge in [0.2, 0.25) is 0 Å². The van der Waals surface area contributed by atoms with Crippen molar-refractivity contribution in [2.45, 2.75) is 38.8 Å². The van der Waals surface area contributed by atoms with Gasteiger partial charge in [-0.1, -0.05) is 18.2 Å². The molecule has 1 aliphatic carbocycles. The van der Waals surface area contributed by atoms with Crippen LogP contribution >= 0.6 is 0 Å². The van der Waals surface area contributed by atoms with Crippen LogP contribution in [-0.4, -0.2) is 40.8 Å². The molecule has 3 heteroatoms. The Hall–Kier alpha value is -1.58. The summed E-state index contributed by atoms with van der Waals surface area (Å²) in [6.07, 6.45) is 5.74. The fraction of sp³-hybridized carbons (Fsp3) is 0.500. The number of aliphatic hydroxyl groups is 1. The fourth-order valence-corrected chi connectivity index (χ4v) is 4.32. The van der Waals surface area contributed by atoms with E-state index in [1.165, 1.54) is 27.6 Å². The second-order valence-electron chi connectivity index (χ2n) is 8.12. The molecule has 0 saturated carbocycles. The molecule has 3 nitrogen and oxygen atoms in total. The maximum atomic E-state index is 9.62. The number of benzene rings is 1. The Bertz CT molecular complexity index is 794. The van der Waals surface area contributed by atoms with Gasteiger partial charge in [0, 0.05) is 41.1 Å². The lowest BCUT2D eigenvalue weighted by molar-refractivity contribution is 0.181. The normalized spacial score (nSPS) is 24.7. The number of likely N-dealkylation sites (N-methyl/N-ethyl adjacent to an activating group) is 1. The highest BCUT2D eigenvalue weighted by Crippen LogP contribution is 2.42. The monoisotopic (exact) mass is 310 g/mol. The van der Waals surface area contributed by atoms with E-state index in [0.717, 1.165) is 13.0 Å². The van der Waals surface area contributed by atoms with Crippen molar-refractivity contribution in [2.75, 3.05) is 20.2 Å². The summed E-state index contributed by atoms with van der Waals surface area (Å²) in [6, 6.07) is 7.11. The Kier molecular flexibility index (Phi) is 3.23. The molecule has 1 aromatic heterocycles. The molecular formula is C20H26N2O. The summed E-state index contributed by atoms with van der Waals surface area (Å²) >= 11 is 0. The first-order chi connectivity index (χ1) is 10.9. The van der Waals surface area contributed by atoms with Crippen LogP contribution in [0.1, 0.15) is 31.9 Å². The molecule has 2 atom stereocenters. The molecule has 1 unspecified atom stereocenters. The van der Waals surface area contributed by atoms with Gasteiger partial charge in [-0.25, -0.2) is 0 Å². The Morgan fingerprint density at radius 2 is 2.04 bits per heavy atom. The van der Waals surface area contributed by atoms with Crippen molar-refractivity contribution in [3.63, 3.8) is 0 Å². The summed E-state index contributed by atoms with van der Waals surface area (Å²) in [5, 5.41) is 11.0. The summed E-state index contributed by atoms with van der Waals surface area (Å²) < 4.78 is 2.42. The lowest BCUT2D eigenvalue weighted by Gasteiger charge is -2.39. The highest BCUT2D eigenvalue weighted by Gasteiger charge is 2.34. The molecule has 1 N–H and O–H groups in total. The van der Waals surface area contributed by atoms with Crippen molar-refractivity contribution in [2.24, 2.45) is 5.92 Å². The van der Waals surface area contributed by atoms with Crippen LogP contribution in [0.15, 0.2) is 30.5 Å². The maximum Gasteiger partial charge on any atom is 0.0506 e. The zero-order chi connectivity index (χ0) is 16.4. The number of rotatable bonds is 1. The lowest BCUT2D eigenvalue weighted by atomic mass is 9.80. The van der Waals surface area contributed by atoms with E-state index in [4.69, 9.17) is 0 Å². The van der Waals surface area contributed by atoms with Gasteiger partial charge in [0.1, 0.15) is 0 Å². The van der Waals surface area contributed by atoms with Crippen molar-refractivity contribution in [3.8, 4) is 0 Å². The van der Waals surface area contributed by atoms with Gasteiger partial charge < -0.3 is 9.67 Å². The zero-order valence-corrected chi connectivity index (χ0v) is 14.5. The van der Waals surface area contributed by atoms with Gasteiger partial charge in [-0.2, -0.15) is 0 Å². The average molecular weight is 310 g/mol. The van der Waals surface area contributed by atoms with Gasteiger partial charge in [-0.3, -0.25) is 4.90 Å². The second kappa shape index (κ2) is 4.96. The molecule has 2 aliphatic rings. The molecular weight excluding hydrogens is 284 g/mol. The first-order valence-electron chi connectivity index (χ1n) is 8.56. The van der Waals surface area contributed by atoms with Crippen LogP contribution in [0.25, 0.3) is 16.5 Å². The van der Waals surface area contributed by atoms with E-state index in [0.29, 0.717) is 6.04 Å². The Morgan fingerprint density at radius 3 is 2.74 bits per heavy atom. The number of aliphatic hydroxyl groups excluding tert-OH is 1. The molecule has 0 radical (unpaired) electrons. The van der Waals surface area contributed by atoms with Gasteiger partial charge >= 0.3 is 0 Å². The van der Waals surface area contributed by atoms with Gasteiger partial charge in [0.25, 0.3) is 0 Å². The van der Waals surface area contributed by atoms with Gasteiger partial charge in [0.15, 0.2) is 0 Å². The largest absolute Gasteiger partial charge is 0.396 e. The highest BCUT2D eigenvalue weighted by atomic mass is 16.3. The minimum Gasteiger partial charge on any atom is -0.396 e. The molecule has 2 heterocycles. The fourth-order valence-electron chi connectivity index (χ4n) is 4.32. The molecule has 23 heavy (non-hydrogen) atoms. The van der Waals surface area contributed by atoms with Gasteiger partial charge in [-0.15, -0.1) is 0 Å². The van der Waals surface area contributed by atoms with Crippen molar-refractivity contribution >= 4 is 16.5 Å². The van der Waals surface area contributed by atoms with E-state index in [1.54, 1.807) is 0 Å². The smallest absolute Gasteiger partial charge is 0.0506 e. The second-order valence-corrected chi connectivity index (χ2v) is 8.12. The first kappa shape index (κ1) is 15.0. The minimum absolute atomic E-state index is 0.0819. The zero-order valence-electron chi connectivity index (χ0n) is 14.5. The molecule has 4 rings (SSSR count). The Balaban J connectivity index is 1.98. The standard InChI is InChI=1S/C20H26N2O/c1-20(2,3)22-11-14-9-18-16(8-13(12-23)10-21(18)4)15-6-5-7-17(22)19(14)15/h5-8,11,13,18,23H,9-10,12H2,1-4H3/t13?,18-/m1/s1. The van der Waals surface area contributed by atoms with Gasteiger partial charge in [0.05, 0.1) is 6.61 Å². The summed E-state index contributed by atoms with van der Waals surface area (Å²) in [5.74, 6) is 0.243. The van der Waals surface area contributed by atoms with Crippen LogP contribution in [0.3, 0.4) is 0 Å². The first-order valence-corrected chi connectivity index (χ1v) is 8.56. The van der Waals surface area contributed by atoms with E-state index in [2.05, 4.69) is 67.8 Å². The number of fused-ring (bicyclic) bond motifs is 2. The van der Waals surface area contributed by atoms with E-state index in [1.807, 2.05) is 0 Å². The molecule has 2 aromatic rings. The van der Waals surface area contributed by atoms with Crippen LogP contribution in [-0.2, 0) is 12.0 Å². The third-order valence-corrected chi connectivity index (χ3v) is 5.42. The summed E-state index contributed by atoms with van der Waals surface area (Å²) in [4.78, 5) is 2.41. The summed E-state index contributed by atoms with van der Waals surface area (Å²) in [5.41, 5.74) is 5.64. The molecule has 1 aliphatic heterocycles. The van der Waals surface area contributed by atoms with E-state index in [-0.39, 0.29) is 18.1 Å². The quantitative estimate of drug-likeness (QED) is 0.876. The minimum atomic E-state index is 0.0819. The third kappa shape index (κ3) is 2.18. The number of nitrogens with zero attached hydrogens (tertiary/aromatic N) is 2. The third-order valence-electron chi connectivity index (χ3n) is 5.42. The number of aromatic nitrogens is 1. The van der Waals surface area contributed by atoms with E-state index >= 15 is 0 Å². The van der Waals surface area contributed by atoms with Crippen LogP contribution < -0.4 is 0 Å². The van der Waals surface area contributed by atoms with Crippen LogP contribution in [0.4, 0.5) is 0 Å². The van der Waals surface area contributed by atoms with Gasteiger partial charge in [-0.05, 0) is 57.0 Å². The van der Waals surface area contributed by atoms with E-state index in [9.17, 15) is 5.11 Å². The SMILES string of the molecule is CN1CC(CO)C=C2c3cccc4c3c(cn4C(C)(C)C)C[C@H]21. The van der Waals surface area contributed by atoms with Crippen molar-refractivity contribution in [1.29, 1.82) is 0 Å². The molecule has 0 amide bonds. The molecule has 0 bridgehead atoms. The Labute approximate surface area is 138 Å². The van der Waals surface area contributed by atoms with Crippen LogP contribution in [0.5, 0.6) is 0 Å². The topological polar surface area (TPSA) is 28.4 Å². The number of hydrogen-bond donors (Lipinski definition) is 1. The molecule has 1 aromatic carbocycles. The highest BCUT2D eigenvalue weighted by molar-refractivity contribution is 5.98. The summed E-state index contributed by atoms with van der Waals surface area (Å²) in [7, 11) is 2.19. The molecule has 122 valence electrons. The molecule has 0 fully saturated rings.